The molecular formula is C14H22N2O2S. The number of thioether (sulfide) groups is 1. The number of hydrogen-bond donors (Lipinski definition) is 2. The molecule has 0 aliphatic heterocycles. The molecule has 0 aromatic heterocycles. The lowest BCUT2D eigenvalue weighted by Gasteiger charge is -2.23. The normalized spacial score (nSPS) is 11.9. The van der Waals surface area contributed by atoms with Crippen LogP contribution in [0.2, 0.25) is 0 Å². The van der Waals surface area contributed by atoms with Crippen molar-refractivity contribution in [1.82, 2.24) is 10.2 Å². The van der Waals surface area contributed by atoms with E-state index >= 15 is 0 Å². The summed E-state index contributed by atoms with van der Waals surface area (Å²) >= 11 is 1.79. The molecule has 1 unspecified atom stereocenters. The number of urea groups is 1. The molecule has 1 rings (SSSR count). The van der Waals surface area contributed by atoms with Gasteiger partial charge in [0.05, 0.1) is 12.6 Å². The van der Waals surface area contributed by atoms with Gasteiger partial charge in [-0.25, -0.2) is 4.79 Å². The Morgan fingerprint density at radius 1 is 1.42 bits per heavy atom. The Labute approximate surface area is 119 Å². The Morgan fingerprint density at radius 3 is 2.74 bits per heavy atom. The molecule has 2 N–H and O–H groups in total. The minimum Gasteiger partial charge on any atom is -0.394 e. The molecule has 5 heteroatoms. The molecule has 106 valence electrons. The zero-order valence-electron chi connectivity index (χ0n) is 11.5. The molecule has 0 aliphatic rings. The van der Waals surface area contributed by atoms with Gasteiger partial charge in [0.25, 0.3) is 0 Å². The van der Waals surface area contributed by atoms with Crippen molar-refractivity contribution in [1.29, 1.82) is 0 Å². The van der Waals surface area contributed by atoms with Gasteiger partial charge in [-0.15, -0.1) is 11.8 Å². The van der Waals surface area contributed by atoms with Crippen molar-refractivity contribution in [3.8, 4) is 0 Å². The Kier molecular flexibility index (Phi) is 7.36. The monoisotopic (exact) mass is 282 g/mol. The van der Waals surface area contributed by atoms with Crippen LogP contribution < -0.4 is 5.32 Å². The summed E-state index contributed by atoms with van der Waals surface area (Å²) in [5.74, 6) is 0.976. The van der Waals surface area contributed by atoms with Gasteiger partial charge in [-0.2, -0.15) is 0 Å². The highest BCUT2D eigenvalue weighted by molar-refractivity contribution is 7.99. The number of amides is 2. The fourth-order valence-corrected chi connectivity index (χ4v) is 2.30. The first-order valence-corrected chi connectivity index (χ1v) is 7.43. The van der Waals surface area contributed by atoms with E-state index < -0.39 is 0 Å². The summed E-state index contributed by atoms with van der Waals surface area (Å²) in [6.07, 6.45) is 0.923. The van der Waals surface area contributed by atoms with Gasteiger partial charge in [0.1, 0.15) is 0 Å². The van der Waals surface area contributed by atoms with Crippen LogP contribution >= 0.6 is 11.8 Å². The van der Waals surface area contributed by atoms with Crippen LogP contribution in [-0.2, 0) is 0 Å². The summed E-state index contributed by atoms with van der Waals surface area (Å²) in [6.45, 7) is 2.44. The van der Waals surface area contributed by atoms with Crippen molar-refractivity contribution in [2.24, 2.45) is 0 Å². The van der Waals surface area contributed by atoms with Gasteiger partial charge in [0.2, 0.25) is 0 Å². The number of carbonyl (C=O) groups is 1. The molecule has 0 bridgehead atoms. The van der Waals surface area contributed by atoms with Crippen molar-refractivity contribution in [2.75, 3.05) is 26.0 Å². The number of carbonyl (C=O) groups excluding carboxylic acids is 1. The first-order valence-electron chi connectivity index (χ1n) is 6.44. The second-order valence-corrected chi connectivity index (χ2v) is 5.56. The van der Waals surface area contributed by atoms with Gasteiger partial charge in [-0.3, -0.25) is 0 Å². The maximum Gasteiger partial charge on any atom is 0.317 e. The van der Waals surface area contributed by atoms with E-state index in [2.05, 4.69) is 17.4 Å². The summed E-state index contributed by atoms with van der Waals surface area (Å²) in [7, 11) is 1.69. The highest BCUT2D eigenvalue weighted by atomic mass is 32.2. The third-order valence-corrected chi connectivity index (χ3v) is 3.95. The maximum atomic E-state index is 11.7. The van der Waals surface area contributed by atoms with Crippen LogP contribution in [0.1, 0.15) is 13.3 Å². The van der Waals surface area contributed by atoms with Gasteiger partial charge in [0.15, 0.2) is 0 Å². The Morgan fingerprint density at radius 2 is 2.11 bits per heavy atom. The first-order chi connectivity index (χ1) is 9.15. The van der Waals surface area contributed by atoms with E-state index in [0.29, 0.717) is 6.54 Å². The van der Waals surface area contributed by atoms with Crippen LogP contribution in [0.4, 0.5) is 4.79 Å². The molecule has 0 saturated carbocycles. The molecule has 0 saturated heterocycles. The lowest BCUT2D eigenvalue weighted by molar-refractivity contribution is 0.157. The average molecular weight is 282 g/mol. The minimum absolute atomic E-state index is 0.0201. The second-order valence-electron chi connectivity index (χ2n) is 4.39. The molecule has 0 aliphatic carbocycles. The number of nitrogens with one attached hydrogen (secondary N) is 1. The minimum atomic E-state index is -0.154. The van der Waals surface area contributed by atoms with Gasteiger partial charge in [-0.1, -0.05) is 18.2 Å². The number of aliphatic hydroxyl groups excluding tert-OH is 1. The van der Waals surface area contributed by atoms with Crippen molar-refractivity contribution in [2.45, 2.75) is 24.3 Å². The van der Waals surface area contributed by atoms with Gasteiger partial charge in [0, 0.05) is 18.5 Å². The maximum absolute atomic E-state index is 11.7. The molecule has 0 radical (unpaired) electrons. The summed E-state index contributed by atoms with van der Waals surface area (Å²) in [5, 5.41) is 11.8. The van der Waals surface area contributed by atoms with E-state index in [1.165, 1.54) is 9.80 Å². The molecule has 4 nitrogen and oxygen atoms in total. The van der Waals surface area contributed by atoms with Crippen molar-refractivity contribution in [3.63, 3.8) is 0 Å². The predicted molar refractivity (Wildman–Crippen MR) is 79.5 cm³/mol. The van der Waals surface area contributed by atoms with Crippen molar-refractivity contribution in [3.05, 3.63) is 30.3 Å². The topological polar surface area (TPSA) is 52.6 Å². The summed E-state index contributed by atoms with van der Waals surface area (Å²) < 4.78 is 0. The van der Waals surface area contributed by atoms with Crippen LogP contribution in [0.15, 0.2) is 35.2 Å². The zero-order valence-corrected chi connectivity index (χ0v) is 12.3. The van der Waals surface area contributed by atoms with Gasteiger partial charge < -0.3 is 15.3 Å². The average Bonchev–Trinajstić information content (AvgIpc) is 2.46. The number of rotatable bonds is 7. The number of benzene rings is 1. The molecule has 1 aromatic carbocycles. The summed E-state index contributed by atoms with van der Waals surface area (Å²) in [6, 6.07) is 9.93. The highest BCUT2D eigenvalue weighted by Gasteiger charge is 2.13. The number of nitrogens with zero attached hydrogens (tertiary/aromatic N) is 1. The van der Waals surface area contributed by atoms with E-state index in [-0.39, 0.29) is 18.7 Å². The first kappa shape index (κ1) is 15.9. The zero-order chi connectivity index (χ0) is 14.1. The van der Waals surface area contributed by atoms with E-state index in [1.807, 2.05) is 25.1 Å². The summed E-state index contributed by atoms with van der Waals surface area (Å²) in [4.78, 5) is 14.4. The van der Waals surface area contributed by atoms with Crippen molar-refractivity contribution >= 4 is 17.8 Å². The predicted octanol–water partition coefficient (Wildman–Crippen LogP) is 2.19. The van der Waals surface area contributed by atoms with Crippen LogP contribution in [0.25, 0.3) is 0 Å². The highest BCUT2D eigenvalue weighted by Crippen LogP contribution is 2.17. The quantitative estimate of drug-likeness (QED) is 0.595. The summed E-state index contributed by atoms with van der Waals surface area (Å²) in [5.41, 5.74) is 0. The van der Waals surface area contributed by atoms with Gasteiger partial charge in [-0.05, 0) is 31.2 Å². The molecule has 0 heterocycles. The lowest BCUT2D eigenvalue weighted by atomic mass is 10.3. The SMILES string of the molecule is CC(CO)N(C)C(=O)NCCCSc1ccccc1. The number of hydrogen-bond acceptors (Lipinski definition) is 3. The number of likely N-dealkylation sites (N-methyl/N-ethyl adjacent to an activating group) is 1. The Hall–Kier alpha value is -1.20. The number of aliphatic hydroxyl groups is 1. The van der Waals surface area contributed by atoms with E-state index in [1.54, 1.807) is 18.8 Å². The second kappa shape index (κ2) is 8.82. The van der Waals surface area contributed by atoms with Crippen LogP contribution in [0.5, 0.6) is 0 Å². The molecule has 0 fully saturated rings. The van der Waals surface area contributed by atoms with E-state index in [0.717, 1.165) is 12.2 Å². The molecule has 0 spiro atoms. The van der Waals surface area contributed by atoms with E-state index in [4.69, 9.17) is 5.11 Å². The fourth-order valence-electron chi connectivity index (χ4n) is 1.42. The smallest absolute Gasteiger partial charge is 0.317 e. The molecular weight excluding hydrogens is 260 g/mol. The van der Waals surface area contributed by atoms with Gasteiger partial charge >= 0.3 is 6.03 Å². The standard InChI is InChI=1S/C14H22N2O2S/c1-12(11-17)16(2)14(18)15-9-6-10-19-13-7-4-3-5-8-13/h3-5,7-8,12,17H,6,9-11H2,1-2H3,(H,15,18). The van der Waals surface area contributed by atoms with Crippen molar-refractivity contribution < 1.29 is 9.90 Å². The molecule has 19 heavy (non-hydrogen) atoms. The van der Waals surface area contributed by atoms with E-state index in [9.17, 15) is 4.79 Å². The molecule has 2 amide bonds. The largest absolute Gasteiger partial charge is 0.394 e. The molecule has 1 aromatic rings. The lowest BCUT2D eigenvalue weighted by Crippen LogP contribution is -2.44. The Bertz CT molecular complexity index is 373. The van der Waals surface area contributed by atoms with Crippen LogP contribution in [0, 0.1) is 0 Å². The third kappa shape index (κ3) is 5.98. The Balaban J connectivity index is 2.12. The third-order valence-electron chi connectivity index (χ3n) is 2.86. The fraction of sp³-hybridized carbons (Fsp3) is 0.500. The molecule has 1 atom stereocenters. The van der Waals surface area contributed by atoms with Crippen LogP contribution in [-0.4, -0.2) is 48.0 Å². The van der Waals surface area contributed by atoms with Crippen LogP contribution in [0.3, 0.4) is 0 Å².